The highest BCUT2D eigenvalue weighted by molar-refractivity contribution is 7.39. The fraction of sp³-hybridized carbons (Fsp3) is 0.700. The lowest BCUT2D eigenvalue weighted by Gasteiger charge is -2.30. The van der Waals surface area contributed by atoms with E-state index in [1.54, 1.807) is 11.2 Å². The number of aliphatic imine (C=N–C) groups is 3. The van der Waals surface area contributed by atoms with Crippen LogP contribution in [0.3, 0.4) is 0 Å². The van der Waals surface area contributed by atoms with Gasteiger partial charge in [-0.1, -0.05) is 0 Å². The molecule has 0 aromatic rings. The lowest BCUT2D eigenvalue weighted by molar-refractivity contribution is -0.0610. The molecule has 21 heavy (non-hydrogen) atoms. The Kier molecular flexibility index (Phi) is 4.16. The van der Waals surface area contributed by atoms with E-state index in [9.17, 15) is 5.11 Å². The summed E-state index contributed by atoms with van der Waals surface area (Å²) < 4.78 is 10.7. The molecule has 0 aromatic carbocycles. The zero-order valence-electron chi connectivity index (χ0n) is 10.9. The lowest BCUT2D eigenvalue weighted by Crippen LogP contribution is -2.47. The van der Waals surface area contributed by atoms with E-state index in [4.69, 9.17) is 24.8 Å². The highest BCUT2D eigenvalue weighted by Crippen LogP contribution is 2.36. The van der Waals surface area contributed by atoms with Gasteiger partial charge in [0.2, 0.25) is 0 Å². The van der Waals surface area contributed by atoms with Gasteiger partial charge in [0.1, 0.15) is 30.5 Å². The van der Waals surface area contributed by atoms with Crippen LogP contribution in [0.5, 0.6) is 0 Å². The van der Waals surface area contributed by atoms with Crippen LogP contribution < -0.4 is 5.73 Å². The van der Waals surface area contributed by atoms with E-state index >= 15 is 0 Å². The van der Waals surface area contributed by atoms with Gasteiger partial charge in [-0.25, -0.2) is 9.98 Å². The SMILES string of the molecule is NC1=NC=NC2C1N=CN2C1CC(OP(O)O)C(CO)O1. The van der Waals surface area contributed by atoms with Crippen molar-refractivity contribution in [3.63, 3.8) is 0 Å². The molecule has 11 heteroatoms. The van der Waals surface area contributed by atoms with Crippen molar-refractivity contribution in [2.45, 2.75) is 37.1 Å². The van der Waals surface area contributed by atoms with Crippen molar-refractivity contribution < 1.29 is 24.2 Å². The molecule has 3 aliphatic heterocycles. The largest absolute Gasteiger partial charge is 0.394 e. The predicted octanol–water partition coefficient (Wildman–Crippen LogP) is -1.87. The van der Waals surface area contributed by atoms with Crippen molar-refractivity contribution >= 4 is 27.1 Å². The molecular weight excluding hydrogens is 301 g/mol. The molecule has 5 unspecified atom stereocenters. The first kappa shape index (κ1) is 14.8. The van der Waals surface area contributed by atoms with Crippen LogP contribution >= 0.6 is 8.60 Å². The zero-order valence-corrected chi connectivity index (χ0v) is 11.8. The minimum absolute atomic E-state index is 0.281. The molecule has 3 rings (SSSR count). The van der Waals surface area contributed by atoms with Gasteiger partial charge in [0.05, 0.1) is 19.0 Å². The monoisotopic (exact) mass is 317 g/mol. The number of hydrogen-bond acceptors (Lipinski definition) is 10. The number of hydrogen-bond donors (Lipinski definition) is 4. The van der Waals surface area contributed by atoms with Crippen LogP contribution in [0.1, 0.15) is 6.42 Å². The summed E-state index contributed by atoms with van der Waals surface area (Å²) in [6.07, 6.45) is 1.30. The number of fused-ring (bicyclic) bond motifs is 1. The van der Waals surface area contributed by atoms with Gasteiger partial charge < -0.3 is 34.8 Å². The van der Waals surface area contributed by atoms with Gasteiger partial charge in [-0.15, -0.1) is 0 Å². The van der Waals surface area contributed by atoms with E-state index in [0.717, 1.165) is 0 Å². The van der Waals surface area contributed by atoms with Crippen LogP contribution in [-0.2, 0) is 9.26 Å². The molecular formula is C10H16N5O5P. The summed E-state index contributed by atoms with van der Waals surface area (Å²) in [6, 6.07) is -0.348. The number of nitrogens with two attached hydrogens (primary N) is 1. The number of aliphatic hydroxyl groups is 1. The summed E-state index contributed by atoms with van der Waals surface area (Å²) >= 11 is 0. The number of rotatable bonds is 4. The molecule has 3 heterocycles. The molecule has 0 saturated carbocycles. The normalized spacial score (nSPS) is 38.2. The van der Waals surface area contributed by atoms with E-state index in [1.165, 1.54) is 6.34 Å². The summed E-state index contributed by atoms with van der Waals surface area (Å²) in [4.78, 5) is 32.1. The smallest absolute Gasteiger partial charge is 0.327 e. The van der Waals surface area contributed by atoms with Gasteiger partial charge in [0, 0.05) is 6.42 Å². The molecule has 116 valence electrons. The standard InChI is InChI=1S/C10H16N5O5P/c11-9-8-10(13-3-12-9)15(4-14-8)7-1-5(20-21(17)18)6(2-16)19-7/h3-8,10,16-18H,1-2H2,(H2,11,12,13). The molecule has 3 aliphatic rings. The molecule has 0 aromatic heterocycles. The van der Waals surface area contributed by atoms with Crippen molar-refractivity contribution in [2.24, 2.45) is 20.7 Å². The maximum Gasteiger partial charge on any atom is 0.327 e. The summed E-state index contributed by atoms with van der Waals surface area (Å²) in [6.45, 7) is -0.281. The first-order valence-corrected chi connectivity index (χ1v) is 7.53. The molecule has 10 nitrogen and oxygen atoms in total. The third-order valence-corrected chi connectivity index (χ3v) is 4.06. The Bertz CT molecular complexity index is 486. The maximum absolute atomic E-state index is 9.30. The van der Waals surface area contributed by atoms with Crippen LogP contribution in [0.4, 0.5) is 0 Å². The Morgan fingerprint density at radius 2 is 2.29 bits per heavy atom. The third-order valence-electron chi connectivity index (χ3n) is 3.60. The number of amidine groups is 1. The average Bonchev–Trinajstić information content (AvgIpc) is 3.02. The van der Waals surface area contributed by atoms with E-state index < -0.39 is 27.0 Å². The van der Waals surface area contributed by atoms with Crippen LogP contribution in [0, 0.1) is 0 Å². The van der Waals surface area contributed by atoms with Crippen molar-refractivity contribution in [3.8, 4) is 0 Å². The minimum Gasteiger partial charge on any atom is -0.394 e. The molecule has 0 bridgehead atoms. The van der Waals surface area contributed by atoms with Crippen LogP contribution in [0.25, 0.3) is 0 Å². The van der Waals surface area contributed by atoms with E-state index in [1.807, 2.05) is 0 Å². The summed E-state index contributed by atoms with van der Waals surface area (Å²) in [7, 11) is -2.51. The van der Waals surface area contributed by atoms with Crippen LogP contribution in [0.2, 0.25) is 0 Å². The Morgan fingerprint density at radius 1 is 1.48 bits per heavy atom. The van der Waals surface area contributed by atoms with Crippen molar-refractivity contribution in [2.75, 3.05) is 6.61 Å². The predicted molar refractivity (Wildman–Crippen MR) is 74.6 cm³/mol. The molecule has 5 N–H and O–H groups in total. The fourth-order valence-corrected chi connectivity index (χ4v) is 3.08. The summed E-state index contributed by atoms with van der Waals surface area (Å²) in [5.74, 6) is 0.382. The van der Waals surface area contributed by atoms with E-state index in [-0.39, 0.29) is 18.8 Å². The first-order valence-electron chi connectivity index (χ1n) is 6.36. The second-order valence-corrected chi connectivity index (χ2v) is 5.55. The van der Waals surface area contributed by atoms with Crippen LogP contribution in [-0.4, -0.2) is 75.6 Å². The van der Waals surface area contributed by atoms with Crippen LogP contribution in [0.15, 0.2) is 15.0 Å². The van der Waals surface area contributed by atoms with Gasteiger partial charge in [0.15, 0.2) is 6.17 Å². The molecule has 0 radical (unpaired) electrons. The second kappa shape index (κ2) is 5.91. The average molecular weight is 317 g/mol. The highest BCUT2D eigenvalue weighted by atomic mass is 31.2. The maximum atomic E-state index is 9.30. The van der Waals surface area contributed by atoms with Crippen molar-refractivity contribution in [1.82, 2.24) is 4.90 Å². The van der Waals surface area contributed by atoms with Gasteiger partial charge in [-0.2, -0.15) is 0 Å². The summed E-state index contributed by atoms with van der Waals surface area (Å²) in [5, 5.41) is 9.30. The Labute approximate surface area is 121 Å². The quantitative estimate of drug-likeness (QED) is 0.444. The van der Waals surface area contributed by atoms with Gasteiger partial charge in [0.25, 0.3) is 0 Å². The van der Waals surface area contributed by atoms with E-state index in [2.05, 4.69) is 15.0 Å². The van der Waals surface area contributed by atoms with Crippen molar-refractivity contribution in [3.05, 3.63) is 0 Å². The van der Waals surface area contributed by atoms with Gasteiger partial charge in [-0.05, 0) is 0 Å². The van der Waals surface area contributed by atoms with Gasteiger partial charge in [-0.3, -0.25) is 4.99 Å². The Morgan fingerprint density at radius 3 is 3.00 bits per heavy atom. The Hall–Kier alpha value is -1.16. The van der Waals surface area contributed by atoms with Gasteiger partial charge >= 0.3 is 8.60 Å². The molecule has 0 amide bonds. The second-order valence-electron chi connectivity index (χ2n) is 4.83. The van der Waals surface area contributed by atoms with Crippen molar-refractivity contribution in [1.29, 1.82) is 0 Å². The van der Waals surface area contributed by atoms with E-state index in [0.29, 0.717) is 12.3 Å². The number of aliphatic hydroxyl groups excluding tert-OH is 1. The first-order chi connectivity index (χ1) is 10.1. The topological polar surface area (TPSA) is 145 Å². The third kappa shape index (κ3) is 2.78. The molecule has 0 spiro atoms. The molecule has 5 atom stereocenters. The number of ether oxygens (including phenoxy) is 1. The zero-order chi connectivity index (χ0) is 15.0. The fourth-order valence-electron chi connectivity index (χ4n) is 2.61. The molecule has 1 fully saturated rings. The lowest BCUT2D eigenvalue weighted by atomic mass is 10.1. The minimum atomic E-state index is -2.51. The summed E-state index contributed by atoms with van der Waals surface area (Å²) in [5.41, 5.74) is 5.78. The molecule has 1 saturated heterocycles. The molecule has 0 aliphatic carbocycles. The number of nitrogens with zero attached hydrogens (tertiary/aromatic N) is 4. The Balaban J connectivity index is 1.70. The highest BCUT2D eigenvalue weighted by Gasteiger charge is 2.45.